The summed E-state index contributed by atoms with van der Waals surface area (Å²) in [6.45, 7) is 3.26. The van der Waals surface area contributed by atoms with E-state index in [9.17, 15) is 19.5 Å². The Balaban J connectivity index is 1.59. The number of anilines is 1. The number of nitrogens with zero attached hydrogens (tertiary/aromatic N) is 3. The number of aliphatic carboxylic acids is 1. The lowest BCUT2D eigenvalue weighted by atomic mass is 10.0. The SMILES string of the molecule is COc1ccc(C2CC[C@@H](C)N2C(=O)N(CC(=O)O)Cc2ccc3c(NC(=O)[C@H](C)N)nccc3c2)cc1. The number of pyridine rings is 1. The molecule has 0 aliphatic carbocycles. The number of carbonyl (C=O) groups is 3. The number of carboxylic acids is 1. The lowest BCUT2D eigenvalue weighted by molar-refractivity contribution is -0.138. The first-order valence-corrected chi connectivity index (χ1v) is 12.5. The second-order valence-corrected chi connectivity index (χ2v) is 9.65. The molecule has 0 bridgehead atoms. The fourth-order valence-corrected chi connectivity index (χ4v) is 4.85. The van der Waals surface area contributed by atoms with Gasteiger partial charge in [-0.25, -0.2) is 9.78 Å². The molecule has 2 heterocycles. The molecule has 1 aliphatic rings. The van der Waals surface area contributed by atoms with Gasteiger partial charge in [-0.15, -0.1) is 0 Å². The van der Waals surface area contributed by atoms with Crippen molar-refractivity contribution in [3.63, 3.8) is 0 Å². The van der Waals surface area contributed by atoms with E-state index >= 15 is 0 Å². The lowest BCUT2D eigenvalue weighted by Gasteiger charge is -2.34. The molecule has 38 heavy (non-hydrogen) atoms. The first-order valence-electron chi connectivity index (χ1n) is 12.5. The minimum atomic E-state index is -1.09. The summed E-state index contributed by atoms with van der Waals surface area (Å²) in [7, 11) is 1.60. The molecule has 1 aromatic heterocycles. The number of amides is 3. The van der Waals surface area contributed by atoms with Gasteiger partial charge < -0.3 is 30.7 Å². The van der Waals surface area contributed by atoms with Crippen LogP contribution in [0.4, 0.5) is 10.6 Å². The van der Waals surface area contributed by atoms with Crippen LogP contribution < -0.4 is 15.8 Å². The maximum atomic E-state index is 13.8. The molecule has 3 atom stereocenters. The minimum Gasteiger partial charge on any atom is -0.497 e. The number of nitrogens with two attached hydrogens (primary N) is 1. The second-order valence-electron chi connectivity index (χ2n) is 9.65. The average molecular weight is 520 g/mol. The maximum Gasteiger partial charge on any atom is 0.323 e. The van der Waals surface area contributed by atoms with Crippen LogP contribution in [0.3, 0.4) is 0 Å². The van der Waals surface area contributed by atoms with Crippen molar-refractivity contribution in [3.8, 4) is 5.75 Å². The Bertz CT molecular complexity index is 1330. The molecule has 1 fully saturated rings. The van der Waals surface area contributed by atoms with E-state index in [0.29, 0.717) is 11.2 Å². The topological polar surface area (TPSA) is 138 Å². The highest BCUT2D eigenvalue weighted by molar-refractivity contribution is 6.02. The maximum absolute atomic E-state index is 13.8. The van der Waals surface area contributed by atoms with Crippen LogP contribution in [-0.4, -0.2) is 63.5 Å². The summed E-state index contributed by atoms with van der Waals surface area (Å²) >= 11 is 0. The average Bonchev–Trinajstić information content (AvgIpc) is 3.28. The Morgan fingerprint density at radius 2 is 1.92 bits per heavy atom. The van der Waals surface area contributed by atoms with Gasteiger partial charge in [0.05, 0.1) is 19.2 Å². The molecular weight excluding hydrogens is 486 g/mol. The zero-order valence-corrected chi connectivity index (χ0v) is 21.8. The van der Waals surface area contributed by atoms with Gasteiger partial charge in [0.25, 0.3) is 0 Å². The summed E-state index contributed by atoms with van der Waals surface area (Å²) in [5.41, 5.74) is 7.41. The highest BCUT2D eigenvalue weighted by Gasteiger charge is 2.38. The molecule has 3 amide bonds. The summed E-state index contributed by atoms with van der Waals surface area (Å²) < 4.78 is 5.26. The zero-order valence-electron chi connectivity index (χ0n) is 21.8. The van der Waals surface area contributed by atoms with E-state index in [4.69, 9.17) is 10.5 Å². The standard InChI is InChI=1S/C28H33N5O5/c1-17-4-11-24(20-6-8-22(38-3)9-7-20)33(17)28(37)32(16-25(34)35)15-19-5-10-23-21(14-19)12-13-30-26(23)31-27(36)18(2)29/h5-10,12-14,17-18,24H,4,11,15-16,29H2,1-3H3,(H,34,35)(H,30,31,36)/t17-,18+,24?/m1/s1. The number of aromatic nitrogens is 1. The van der Waals surface area contributed by atoms with E-state index in [1.54, 1.807) is 37.3 Å². The molecule has 3 aromatic rings. The van der Waals surface area contributed by atoms with E-state index in [2.05, 4.69) is 10.3 Å². The predicted molar refractivity (Wildman–Crippen MR) is 144 cm³/mol. The molecule has 0 saturated carbocycles. The van der Waals surface area contributed by atoms with Gasteiger partial charge in [0, 0.05) is 24.2 Å². The van der Waals surface area contributed by atoms with Gasteiger partial charge in [-0.2, -0.15) is 0 Å². The number of hydrogen-bond donors (Lipinski definition) is 3. The number of likely N-dealkylation sites (tertiary alicyclic amines) is 1. The first kappa shape index (κ1) is 26.9. The van der Waals surface area contributed by atoms with E-state index < -0.39 is 18.6 Å². The summed E-state index contributed by atoms with van der Waals surface area (Å²) in [5, 5.41) is 13.9. The van der Waals surface area contributed by atoms with Gasteiger partial charge in [-0.3, -0.25) is 9.59 Å². The molecule has 0 radical (unpaired) electrons. The Hall–Kier alpha value is -4.18. The van der Waals surface area contributed by atoms with Gasteiger partial charge in [0.2, 0.25) is 5.91 Å². The fraction of sp³-hybridized carbons (Fsp3) is 0.357. The Kier molecular flexibility index (Phi) is 8.11. The Morgan fingerprint density at radius 3 is 2.58 bits per heavy atom. The number of urea groups is 1. The normalized spacial score (nSPS) is 17.7. The van der Waals surface area contributed by atoms with Crippen LogP contribution in [0.2, 0.25) is 0 Å². The monoisotopic (exact) mass is 519 g/mol. The van der Waals surface area contributed by atoms with Gasteiger partial charge in [0.1, 0.15) is 18.1 Å². The van der Waals surface area contributed by atoms with Gasteiger partial charge in [-0.05, 0) is 67.5 Å². The molecule has 1 aliphatic heterocycles. The van der Waals surface area contributed by atoms with Crippen LogP contribution in [0.15, 0.2) is 54.7 Å². The molecule has 10 heteroatoms. The second kappa shape index (κ2) is 11.5. The van der Waals surface area contributed by atoms with Crippen molar-refractivity contribution in [2.75, 3.05) is 19.0 Å². The lowest BCUT2D eigenvalue weighted by Crippen LogP contribution is -2.47. The van der Waals surface area contributed by atoms with E-state index in [1.165, 1.54) is 4.90 Å². The number of methoxy groups -OCH3 is 1. The molecule has 1 saturated heterocycles. The van der Waals surface area contributed by atoms with Crippen LogP contribution in [0.25, 0.3) is 10.8 Å². The smallest absolute Gasteiger partial charge is 0.323 e. The number of rotatable bonds is 8. The third-order valence-electron chi connectivity index (χ3n) is 6.84. The van der Waals surface area contributed by atoms with E-state index in [-0.39, 0.29) is 30.6 Å². The molecule has 10 nitrogen and oxygen atoms in total. The van der Waals surface area contributed by atoms with Crippen molar-refractivity contribution < 1.29 is 24.2 Å². The predicted octanol–water partition coefficient (Wildman–Crippen LogP) is 3.76. The minimum absolute atomic E-state index is 0.0373. The molecule has 4 N–H and O–H groups in total. The third-order valence-corrected chi connectivity index (χ3v) is 6.84. The molecule has 4 rings (SSSR count). The van der Waals surface area contributed by atoms with Crippen LogP contribution in [0.5, 0.6) is 5.75 Å². The number of carboxylic acid groups (broad SMARTS) is 1. The number of ether oxygens (including phenoxy) is 1. The fourth-order valence-electron chi connectivity index (χ4n) is 4.85. The van der Waals surface area contributed by atoms with Gasteiger partial charge in [-0.1, -0.05) is 24.3 Å². The van der Waals surface area contributed by atoms with Gasteiger partial charge >= 0.3 is 12.0 Å². The Morgan fingerprint density at radius 1 is 1.18 bits per heavy atom. The largest absolute Gasteiger partial charge is 0.497 e. The molecule has 200 valence electrons. The van der Waals surface area contributed by atoms with Crippen LogP contribution in [-0.2, 0) is 16.1 Å². The number of nitrogens with one attached hydrogen (secondary N) is 1. The molecule has 2 aromatic carbocycles. The van der Waals surface area contributed by atoms with Crippen molar-refractivity contribution in [2.45, 2.75) is 51.4 Å². The number of benzene rings is 2. The summed E-state index contributed by atoms with van der Waals surface area (Å²) in [4.78, 5) is 45.0. The summed E-state index contributed by atoms with van der Waals surface area (Å²) in [5.74, 6) is -0.310. The van der Waals surface area contributed by atoms with Crippen molar-refractivity contribution in [1.82, 2.24) is 14.8 Å². The summed E-state index contributed by atoms with van der Waals surface area (Å²) in [6.07, 6.45) is 3.19. The summed E-state index contributed by atoms with van der Waals surface area (Å²) in [6, 6.07) is 13.7. The van der Waals surface area contributed by atoms with Crippen molar-refractivity contribution in [1.29, 1.82) is 0 Å². The van der Waals surface area contributed by atoms with Crippen LogP contribution in [0, 0.1) is 0 Å². The number of hydrogen-bond acceptors (Lipinski definition) is 6. The van der Waals surface area contributed by atoms with Crippen molar-refractivity contribution in [3.05, 3.63) is 65.9 Å². The molecule has 1 unspecified atom stereocenters. The van der Waals surface area contributed by atoms with Crippen molar-refractivity contribution >= 4 is 34.5 Å². The van der Waals surface area contributed by atoms with E-state index in [0.717, 1.165) is 35.1 Å². The quantitative estimate of drug-likeness (QED) is 0.412. The molecular formula is C28H33N5O5. The molecule has 0 spiro atoms. The van der Waals surface area contributed by atoms with Crippen LogP contribution in [0.1, 0.15) is 43.9 Å². The highest BCUT2D eigenvalue weighted by atomic mass is 16.5. The Labute approximate surface area is 221 Å². The van der Waals surface area contributed by atoms with E-state index in [1.807, 2.05) is 43.3 Å². The highest BCUT2D eigenvalue weighted by Crippen LogP contribution is 2.37. The zero-order chi connectivity index (χ0) is 27.4. The third kappa shape index (κ3) is 5.86. The van der Waals surface area contributed by atoms with Gasteiger partial charge in [0.15, 0.2) is 0 Å². The number of carbonyl (C=O) groups excluding carboxylic acids is 2. The van der Waals surface area contributed by atoms with Crippen LogP contribution >= 0.6 is 0 Å². The number of fused-ring (bicyclic) bond motifs is 1. The first-order chi connectivity index (χ1) is 18.2. The van der Waals surface area contributed by atoms with Crippen molar-refractivity contribution in [2.24, 2.45) is 5.73 Å².